The Kier molecular flexibility index (Phi) is 11.6. The summed E-state index contributed by atoms with van der Waals surface area (Å²) >= 11 is 0. The second-order valence-electron chi connectivity index (χ2n) is 6.93. The summed E-state index contributed by atoms with van der Waals surface area (Å²) in [4.78, 5) is 16.8. The predicted molar refractivity (Wildman–Crippen MR) is 124 cm³/mol. The molecule has 0 saturated heterocycles. The van der Waals surface area contributed by atoms with Gasteiger partial charge in [-0.1, -0.05) is 42.5 Å². The molecule has 0 aliphatic rings. The van der Waals surface area contributed by atoms with Gasteiger partial charge in [0.2, 0.25) is 5.91 Å². The van der Waals surface area contributed by atoms with E-state index in [0.29, 0.717) is 38.8 Å². The molecule has 168 valence electrons. The van der Waals surface area contributed by atoms with Crippen LogP contribution in [0.2, 0.25) is 0 Å². The van der Waals surface area contributed by atoms with Crippen molar-refractivity contribution in [2.24, 2.45) is 4.99 Å². The Morgan fingerprint density at radius 1 is 0.935 bits per heavy atom. The minimum Gasteiger partial charge on any atom is -0.497 e. The molecule has 0 atom stereocenters. The normalized spacial score (nSPS) is 11.1. The van der Waals surface area contributed by atoms with Gasteiger partial charge >= 0.3 is 0 Å². The molecule has 0 aliphatic carbocycles. The molecule has 1 amide bonds. The van der Waals surface area contributed by atoms with E-state index in [1.165, 1.54) is 5.56 Å². The van der Waals surface area contributed by atoms with Gasteiger partial charge < -0.3 is 25.4 Å². The van der Waals surface area contributed by atoms with Crippen molar-refractivity contribution < 1.29 is 14.3 Å². The molecule has 0 spiro atoms. The molecule has 0 heterocycles. The van der Waals surface area contributed by atoms with Crippen LogP contribution in [0.4, 0.5) is 0 Å². The summed E-state index contributed by atoms with van der Waals surface area (Å²) < 4.78 is 10.6. The highest BCUT2D eigenvalue weighted by Gasteiger charge is 2.04. The van der Waals surface area contributed by atoms with Crippen LogP contribution in [0.15, 0.2) is 59.6 Å². The summed E-state index contributed by atoms with van der Waals surface area (Å²) in [6, 6.07) is 17.9. The lowest BCUT2D eigenvalue weighted by atomic mass is 10.1. The van der Waals surface area contributed by atoms with Crippen LogP contribution in [-0.4, -0.2) is 51.8 Å². The maximum Gasteiger partial charge on any atom is 0.239 e. The first-order valence-electron chi connectivity index (χ1n) is 10.7. The smallest absolute Gasteiger partial charge is 0.239 e. The van der Waals surface area contributed by atoms with Crippen molar-refractivity contribution in [2.45, 2.75) is 26.3 Å². The number of aliphatic imine (C=N–C) groups is 1. The summed E-state index contributed by atoms with van der Waals surface area (Å²) in [6.45, 7) is 5.35. The van der Waals surface area contributed by atoms with Gasteiger partial charge in [0.1, 0.15) is 5.75 Å². The number of carbonyl (C=O) groups excluding carboxylic acids is 1. The van der Waals surface area contributed by atoms with Crippen LogP contribution >= 0.6 is 0 Å². The fraction of sp³-hybridized carbons (Fsp3) is 0.417. The molecule has 0 fully saturated rings. The van der Waals surface area contributed by atoms with E-state index in [2.05, 4.69) is 33.1 Å². The van der Waals surface area contributed by atoms with Gasteiger partial charge in [0, 0.05) is 26.3 Å². The first-order chi connectivity index (χ1) is 15.2. The maximum absolute atomic E-state index is 12.2. The Morgan fingerprint density at radius 3 is 2.42 bits per heavy atom. The van der Waals surface area contributed by atoms with Gasteiger partial charge in [-0.3, -0.25) is 4.79 Å². The molecule has 2 aromatic rings. The fourth-order valence-corrected chi connectivity index (χ4v) is 2.82. The molecule has 0 bridgehead atoms. The first-order valence-corrected chi connectivity index (χ1v) is 10.7. The Hall–Kier alpha value is -3.06. The Morgan fingerprint density at radius 2 is 1.71 bits per heavy atom. The molecule has 2 rings (SSSR count). The van der Waals surface area contributed by atoms with Crippen molar-refractivity contribution in [3.05, 3.63) is 65.7 Å². The Bertz CT molecular complexity index is 779. The van der Waals surface area contributed by atoms with E-state index in [0.717, 1.165) is 24.2 Å². The predicted octanol–water partition coefficient (Wildman–Crippen LogP) is 2.52. The van der Waals surface area contributed by atoms with E-state index >= 15 is 0 Å². The monoisotopic (exact) mass is 426 g/mol. The molecule has 7 nitrogen and oxygen atoms in total. The highest BCUT2D eigenvalue weighted by atomic mass is 16.5. The van der Waals surface area contributed by atoms with Gasteiger partial charge in [-0.2, -0.15) is 0 Å². The standard InChI is InChI=1S/C24H34N4O3/c1-3-31-17-7-15-26-24(27-18-21-10-12-22(30-2)13-11-21)28-19-23(29)25-16-14-20-8-5-4-6-9-20/h4-6,8-13H,3,7,14-19H2,1-2H3,(H,25,29)(H2,26,27,28). The van der Waals surface area contributed by atoms with Crippen molar-refractivity contribution >= 4 is 11.9 Å². The lowest BCUT2D eigenvalue weighted by molar-refractivity contribution is -0.119. The molecule has 0 radical (unpaired) electrons. The van der Waals surface area contributed by atoms with Crippen molar-refractivity contribution in [3.63, 3.8) is 0 Å². The summed E-state index contributed by atoms with van der Waals surface area (Å²) in [5.41, 5.74) is 2.26. The summed E-state index contributed by atoms with van der Waals surface area (Å²) in [5, 5.41) is 9.32. The summed E-state index contributed by atoms with van der Waals surface area (Å²) in [5.74, 6) is 1.35. The minimum absolute atomic E-state index is 0.0656. The highest BCUT2D eigenvalue weighted by Crippen LogP contribution is 2.11. The van der Waals surface area contributed by atoms with Crippen LogP contribution in [-0.2, 0) is 22.5 Å². The molecule has 31 heavy (non-hydrogen) atoms. The van der Waals surface area contributed by atoms with Crippen LogP contribution in [0, 0.1) is 0 Å². The zero-order valence-electron chi connectivity index (χ0n) is 18.5. The molecule has 3 N–H and O–H groups in total. The third-order valence-corrected chi connectivity index (χ3v) is 4.54. The minimum atomic E-state index is -0.0656. The largest absolute Gasteiger partial charge is 0.497 e. The number of methoxy groups -OCH3 is 1. The first kappa shape index (κ1) is 24.2. The van der Waals surface area contributed by atoms with Crippen molar-refractivity contribution in [3.8, 4) is 5.75 Å². The van der Waals surface area contributed by atoms with Crippen LogP contribution in [0.1, 0.15) is 24.5 Å². The third kappa shape index (κ3) is 10.5. The van der Waals surface area contributed by atoms with E-state index in [-0.39, 0.29) is 12.5 Å². The van der Waals surface area contributed by atoms with Gasteiger partial charge in [0.05, 0.1) is 20.2 Å². The highest BCUT2D eigenvalue weighted by molar-refractivity contribution is 5.86. The number of hydrogen-bond acceptors (Lipinski definition) is 4. The second kappa shape index (κ2) is 14.8. The number of guanidine groups is 1. The van der Waals surface area contributed by atoms with E-state index in [9.17, 15) is 4.79 Å². The molecule has 0 saturated carbocycles. The van der Waals surface area contributed by atoms with Crippen LogP contribution < -0.4 is 20.7 Å². The Balaban J connectivity index is 1.80. The molecule has 0 aromatic heterocycles. The lowest BCUT2D eigenvalue weighted by Gasteiger charge is -2.13. The summed E-state index contributed by atoms with van der Waals surface area (Å²) in [7, 11) is 1.65. The number of nitrogens with zero attached hydrogens (tertiary/aromatic N) is 1. The van der Waals surface area contributed by atoms with E-state index < -0.39 is 0 Å². The number of nitrogens with one attached hydrogen (secondary N) is 3. The molecule has 0 aliphatic heterocycles. The van der Waals surface area contributed by atoms with Crippen molar-refractivity contribution in [1.29, 1.82) is 0 Å². The van der Waals surface area contributed by atoms with E-state index in [1.54, 1.807) is 7.11 Å². The average Bonchev–Trinajstić information content (AvgIpc) is 2.81. The quantitative estimate of drug-likeness (QED) is 0.260. The van der Waals surface area contributed by atoms with Gasteiger partial charge in [-0.05, 0) is 43.0 Å². The van der Waals surface area contributed by atoms with Crippen LogP contribution in [0.5, 0.6) is 5.75 Å². The van der Waals surface area contributed by atoms with Crippen LogP contribution in [0.3, 0.4) is 0 Å². The summed E-state index contributed by atoms with van der Waals surface area (Å²) in [6.07, 6.45) is 1.67. The maximum atomic E-state index is 12.2. The third-order valence-electron chi connectivity index (χ3n) is 4.54. The second-order valence-corrected chi connectivity index (χ2v) is 6.93. The van der Waals surface area contributed by atoms with Gasteiger partial charge in [-0.15, -0.1) is 0 Å². The molecule has 0 unspecified atom stereocenters. The van der Waals surface area contributed by atoms with E-state index in [4.69, 9.17) is 9.47 Å². The van der Waals surface area contributed by atoms with Crippen LogP contribution in [0.25, 0.3) is 0 Å². The lowest BCUT2D eigenvalue weighted by Crippen LogP contribution is -2.44. The topological polar surface area (TPSA) is 84.0 Å². The molecular weight excluding hydrogens is 392 g/mol. The number of ether oxygens (including phenoxy) is 2. The number of hydrogen-bond donors (Lipinski definition) is 3. The average molecular weight is 427 g/mol. The fourth-order valence-electron chi connectivity index (χ4n) is 2.82. The van der Waals surface area contributed by atoms with Gasteiger partial charge in [-0.25, -0.2) is 4.99 Å². The Labute approximate surface area is 185 Å². The number of carbonyl (C=O) groups is 1. The van der Waals surface area contributed by atoms with Crippen molar-refractivity contribution in [2.75, 3.05) is 40.0 Å². The number of benzene rings is 2. The van der Waals surface area contributed by atoms with Crippen molar-refractivity contribution in [1.82, 2.24) is 16.0 Å². The van der Waals surface area contributed by atoms with Gasteiger partial charge in [0.25, 0.3) is 0 Å². The zero-order valence-corrected chi connectivity index (χ0v) is 18.5. The van der Waals surface area contributed by atoms with E-state index in [1.807, 2.05) is 49.4 Å². The van der Waals surface area contributed by atoms with Gasteiger partial charge in [0.15, 0.2) is 5.96 Å². The zero-order chi connectivity index (χ0) is 22.2. The SMILES string of the molecule is CCOCCCNC(=NCc1ccc(OC)cc1)NCC(=O)NCCc1ccccc1. The molecule has 2 aromatic carbocycles. The number of amides is 1. The molecular formula is C24H34N4O3. The number of rotatable bonds is 13. The molecule has 7 heteroatoms.